The van der Waals surface area contributed by atoms with Crippen molar-refractivity contribution in [2.75, 3.05) is 0 Å². The molecule has 18 heavy (non-hydrogen) atoms. The van der Waals surface area contributed by atoms with E-state index in [0.29, 0.717) is 0 Å². The number of carbonyl (C=O) groups is 1. The first kappa shape index (κ1) is 14.5. The highest BCUT2D eigenvalue weighted by Gasteiger charge is 2.23. The van der Waals surface area contributed by atoms with Crippen molar-refractivity contribution < 1.29 is 19.7 Å². The molecule has 0 radical (unpaired) electrons. The van der Waals surface area contributed by atoms with Gasteiger partial charge in [0.2, 0.25) is 0 Å². The van der Waals surface area contributed by atoms with Gasteiger partial charge in [0.05, 0.1) is 6.04 Å². The van der Waals surface area contributed by atoms with Gasteiger partial charge in [-0.1, -0.05) is 44.2 Å². The van der Waals surface area contributed by atoms with Crippen molar-refractivity contribution in [3.05, 3.63) is 35.9 Å². The minimum Gasteiger partial charge on any atom is -0.445 e. The van der Waals surface area contributed by atoms with E-state index in [1.165, 1.54) is 0 Å². The number of hydrogen-bond donors (Lipinski definition) is 3. The molecule has 1 rings (SSSR count). The summed E-state index contributed by atoms with van der Waals surface area (Å²) in [6, 6.07) is 8.52. The van der Waals surface area contributed by atoms with Crippen LogP contribution in [0, 0.1) is 5.92 Å². The quantitative estimate of drug-likeness (QED) is 0.690. The molecule has 1 atom stereocenters. The van der Waals surface area contributed by atoms with Crippen molar-refractivity contribution in [3.8, 4) is 0 Å². The van der Waals surface area contributed by atoms with Crippen LogP contribution in [0.15, 0.2) is 30.3 Å². The van der Waals surface area contributed by atoms with Crippen molar-refractivity contribution in [1.29, 1.82) is 0 Å². The van der Waals surface area contributed by atoms with E-state index in [1.54, 1.807) is 13.8 Å². The lowest BCUT2D eigenvalue weighted by Crippen LogP contribution is -2.46. The molecule has 0 bridgehead atoms. The molecule has 1 amide bonds. The van der Waals surface area contributed by atoms with Gasteiger partial charge in [-0.2, -0.15) is 0 Å². The van der Waals surface area contributed by atoms with E-state index in [1.807, 2.05) is 30.3 Å². The number of aliphatic hydroxyl groups excluding tert-OH is 1. The Morgan fingerprint density at radius 2 is 1.89 bits per heavy atom. The Morgan fingerprint density at radius 3 is 2.39 bits per heavy atom. The molecule has 5 heteroatoms. The van der Waals surface area contributed by atoms with Gasteiger partial charge in [-0.25, -0.2) is 4.79 Å². The van der Waals surface area contributed by atoms with Crippen molar-refractivity contribution in [2.45, 2.75) is 32.8 Å². The molecular formula is C13H19NO4. The molecule has 0 saturated heterocycles. The summed E-state index contributed by atoms with van der Waals surface area (Å²) in [6.45, 7) is 3.71. The second-order valence-electron chi connectivity index (χ2n) is 4.39. The summed E-state index contributed by atoms with van der Waals surface area (Å²) in [5, 5.41) is 20.6. The zero-order valence-electron chi connectivity index (χ0n) is 10.5. The molecule has 0 aliphatic rings. The van der Waals surface area contributed by atoms with Crippen LogP contribution in [-0.2, 0) is 11.3 Å². The van der Waals surface area contributed by atoms with Gasteiger partial charge in [0.15, 0.2) is 6.29 Å². The molecule has 0 heterocycles. The zero-order valence-corrected chi connectivity index (χ0v) is 10.5. The van der Waals surface area contributed by atoms with Gasteiger partial charge in [0, 0.05) is 0 Å². The van der Waals surface area contributed by atoms with Gasteiger partial charge in [-0.3, -0.25) is 0 Å². The monoisotopic (exact) mass is 253 g/mol. The predicted octanol–water partition coefficient (Wildman–Crippen LogP) is 1.25. The number of ether oxygens (including phenoxy) is 1. The number of nitrogens with one attached hydrogen (secondary N) is 1. The third kappa shape index (κ3) is 4.73. The molecule has 0 fully saturated rings. The average molecular weight is 253 g/mol. The van der Waals surface area contributed by atoms with E-state index >= 15 is 0 Å². The topological polar surface area (TPSA) is 78.8 Å². The first-order valence-corrected chi connectivity index (χ1v) is 5.84. The third-order valence-corrected chi connectivity index (χ3v) is 2.54. The average Bonchev–Trinajstić information content (AvgIpc) is 2.34. The first-order chi connectivity index (χ1) is 8.50. The third-order valence-electron chi connectivity index (χ3n) is 2.54. The van der Waals surface area contributed by atoms with E-state index < -0.39 is 18.4 Å². The summed E-state index contributed by atoms with van der Waals surface area (Å²) in [7, 11) is 0. The number of carbonyl (C=O) groups excluding carboxylic acids is 1. The number of rotatable bonds is 5. The van der Waals surface area contributed by atoms with Crippen LogP contribution in [0.2, 0.25) is 0 Å². The molecule has 0 aliphatic carbocycles. The Bertz CT molecular complexity index is 357. The maximum absolute atomic E-state index is 11.5. The Labute approximate surface area is 106 Å². The highest BCUT2D eigenvalue weighted by atomic mass is 16.5. The second kappa shape index (κ2) is 6.98. The molecule has 0 unspecified atom stereocenters. The molecule has 0 spiro atoms. The molecule has 5 nitrogen and oxygen atoms in total. The molecule has 1 aromatic rings. The van der Waals surface area contributed by atoms with Crippen LogP contribution in [0.4, 0.5) is 4.79 Å². The fraction of sp³-hybridized carbons (Fsp3) is 0.462. The minimum absolute atomic E-state index is 0.103. The van der Waals surface area contributed by atoms with Crippen LogP contribution in [0.3, 0.4) is 0 Å². The molecule has 3 N–H and O–H groups in total. The van der Waals surface area contributed by atoms with Crippen LogP contribution in [-0.4, -0.2) is 28.6 Å². The molecule has 0 saturated carbocycles. The van der Waals surface area contributed by atoms with E-state index in [0.717, 1.165) is 5.56 Å². The number of benzene rings is 1. The number of alkyl carbamates (subject to hydrolysis) is 1. The van der Waals surface area contributed by atoms with Gasteiger partial charge < -0.3 is 20.3 Å². The Kier molecular flexibility index (Phi) is 5.61. The SMILES string of the molecule is CC(C)[C@H](NC(=O)OCc1ccccc1)C(O)O. The zero-order chi connectivity index (χ0) is 13.5. The van der Waals surface area contributed by atoms with E-state index in [-0.39, 0.29) is 12.5 Å². The Hall–Kier alpha value is -1.59. The van der Waals surface area contributed by atoms with Crippen molar-refractivity contribution in [3.63, 3.8) is 0 Å². The normalized spacial score (nSPS) is 12.6. The lowest BCUT2D eigenvalue weighted by atomic mass is 10.0. The maximum atomic E-state index is 11.5. The van der Waals surface area contributed by atoms with Crippen LogP contribution < -0.4 is 5.32 Å². The Morgan fingerprint density at radius 1 is 1.28 bits per heavy atom. The van der Waals surface area contributed by atoms with E-state index in [4.69, 9.17) is 14.9 Å². The molecule has 0 aliphatic heterocycles. The second-order valence-corrected chi connectivity index (χ2v) is 4.39. The van der Waals surface area contributed by atoms with Crippen molar-refractivity contribution in [2.24, 2.45) is 5.92 Å². The summed E-state index contributed by atoms with van der Waals surface area (Å²) in [6.07, 6.45) is -2.26. The summed E-state index contributed by atoms with van der Waals surface area (Å²) < 4.78 is 4.99. The van der Waals surface area contributed by atoms with Crippen LogP contribution in [0.1, 0.15) is 19.4 Å². The van der Waals surface area contributed by atoms with Gasteiger partial charge in [0.25, 0.3) is 0 Å². The van der Waals surface area contributed by atoms with Gasteiger partial charge >= 0.3 is 6.09 Å². The van der Waals surface area contributed by atoms with Crippen LogP contribution in [0.5, 0.6) is 0 Å². The summed E-state index contributed by atoms with van der Waals surface area (Å²) in [4.78, 5) is 11.5. The smallest absolute Gasteiger partial charge is 0.407 e. The fourth-order valence-corrected chi connectivity index (χ4v) is 1.49. The van der Waals surface area contributed by atoms with Gasteiger partial charge in [0.1, 0.15) is 6.61 Å². The highest BCUT2D eigenvalue weighted by Crippen LogP contribution is 2.06. The highest BCUT2D eigenvalue weighted by molar-refractivity contribution is 5.67. The van der Waals surface area contributed by atoms with E-state index in [9.17, 15) is 4.79 Å². The summed E-state index contributed by atoms with van der Waals surface area (Å²) in [5.41, 5.74) is 0.873. The first-order valence-electron chi connectivity index (χ1n) is 5.84. The lowest BCUT2D eigenvalue weighted by molar-refractivity contribution is -0.0764. The maximum Gasteiger partial charge on any atom is 0.407 e. The van der Waals surface area contributed by atoms with Gasteiger partial charge in [-0.15, -0.1) is 0 Å². The molecule has 100 valence electrons. The molecular weight excluding hydrogens is 234 g/mol. The van der Waals surface area contributed by atoms with Crippen molar-refractivity contribution >= 4 is 6.09 Å². The summed E-state index contributed by atoms with van der Waals surface area (Å²) >= 11 is 0. The van der Waals surface area contributed by atoms with Crippen LogP contribution in [0.25, 0.3) is 0 Å². The fourth-order valence-electron chi connectivity index (χ4n) is 1.49. The number of aliphatic hydroxyl groups is 2. The van der Waals surface area contributed by atoms with E-state index in [2.05, 4.69) is 5.32 Å². The summed E-state index contributed by atoms with van der Waals surface area (Å²) in [5.74, 6) is -0.103. The lowest BCUT2D eigenvalue weighted by Gasteiger charge is -2.23. The molecule has 1 aromatic carbocycles. The largest absolute Gasteiger partial charge is 0.445 e. The number of hydrogen-bond acceptors (Lipinski definition) is 4. The Balaban J connectivity index is 2.41. The standard InChI is InChI=1S/C13H19NO4/c1-9(2)11(12(15)16)14-13(17)18-8-10-6-4-3-5-7-10/h3-7,9,11-12,15-16H,8H2,1-2H3,(H,14,17)/t11-/m0/s1. The van der Waals surface area contributed by atoms with Gasteiger partial charge in [-0.05, 0) is 11.5 Å². The molecule has 0 aromatic heterocycles. The minimum atomic E-state index is -1.60. The van der Waals surface area contributed by atoms with Crippen molar-refractivity contribution in [1.82, 2.24) is 5.32 Å². The predicted molar refractivity (Wildman–Crippen MR) is 66.6 cm³/mol. The van der Waals surface area contributed by atoms with Crippen LogP contribution >= 0.6 is 0 Å². The number of amides is 1.